The second-order valence-corrected chi connectivity index (χ2v) is 15.4. The number of nitrogens with one attached hydrogen (secondary N) is 1. The van der Waals surface area contributed by atoms with E-state index in [1.54, 1.807) is 4.90 Å². The van der Waals surface area contributed by atoms with Crippen LogP contribution in [0, 0.1) is 11.8 Å². The lowest BCUT2D eigenvalue weighted by Gasteiger charge is -2.26. The van der Waals surface area contributed by atoms with E-state index in [1.165, 1.54) is 0 Å². The molecule has 0 spiro atoms. The van der Waals surface area contributed by atoms with Crippen molar-refractivity contribution >= 4 is 35.3 Å². The quantitative estimate of drug-likeness (QED) is 0.0570. The van der Waals surface area contributed by atoms with Gasteiger partial charge in [0.15, 0.2) is 0 Å². The topological polar surface area (TPSA) is 224 Å². The number of carbonyl (C=O) groups is 5. The third kappa shape index (κ3) is 26.9. The molecule has 21 heteroatoms. The van der Waals surface area contributed by atoms with Gasteiger partial charge in [0, 0.05) is 43.4 Å². The molecule has 4 rings (SSSR count). The summed E-state index contributed by atoms with van der Waals surface area (Å²) in [5.74, 6) is 4.31. The van der Waals surface area contributed by atoms with E-state index in [2.05, 4.69) is 17.2 Å². The molecular formula is C50H71N3O18. The van der Waals surface area contributed by atoms with Crippen molar-refractivity contribution in [3.8, 4) is 11.8 Å². The number of hydroxylamine groups is 2. The molecule has 1 fully saturated rings. The van der Waals surface area contributed by atoms with Gasteiger partial charge in [0.05, 0.1) is 177 Å². The molecule has 394 valence electrons. The average Bonchev–Trinajstić information content (AvgIpc) is 3.69. The summed E-state index contributed by atoms with van der Waals surface area (Å²) >= 11 is 0. The van der Waals surface area contributed by atoms with Crippen molar-refractivity contribution in [1.29, 1.82) is 0 Å². The SMILES string of the molecule is O=C(CCC(=O)N1Cc2ccccc2C#Cc2ccccc21)NCCOCCOCCOCCOCCOCCOCCOCCOCCOCCOCCOCCOCCC(=O)ON1C(=O)CCC1=O. The first-order valence-electron chi connectivity index (χ1n) is 24.2. The highest BCUT2D eigenvalue weighted by molar-refractivity contribution is 6.01. The van der Waals surface area contributed by atoms with Gasteiger partial charge in [-0.05, 0) is 23.8 Å². The second-order valence-electron chi connectivity index (χ2n) is 15.4. The molecule has 0 bridgehead atoms. The zero-order chi connectivity index (χ0) is 50.2. The predicted molar refractivity (Wildman–Crippen MR) is 254 cm³/mol. The molecule has 2 aromatic rings. The maximum atomic E-state index is 13.3. The fourth-order valence-electron chi connectivity index (χ4n) is 6.40. The summed E-state index contributed by atoms with van der Waals surface area (Å²) in [6.45, 7) is 10.4. The van der Waals surface area contributed by atoms with Gasteiger partial charge in [-0.15, -0.1) is 5.06 Å². The van der Waals surface area contributed by atoms with Gasteiger partial charge >= 0.3 is 5.97 Å². The third-order valence-electron chi connectivity index (χ3n) is 10.0. The minimum absolute atomic E-state index is 0.0516. The van der Waals surface area contributed by atoms with Crippen LogP contribution in [0.1, 0.15) is 48.8 Å². The molecule has 21 nitrogen and oxygen atoms in total. The van der Waals surface area contributed by atoms with Gasteiger partial charge in [-0.25, -0.2) is 4.79 Å². The van der Waals surface area contributed by atoms with Crippen molar-refractivity contribution in [2.24, 2.45) is 0 Å². The van der Waals surface area contributed by atoms with Crippen LogP contribution in [0.2, 0.25) is 0 Å². The lowest BCUT2D eigenvalue weighted by atomic mass is 10.0. The van der Waals surface area contributed by atoms with Crippen LogP contribution >= 0.6 is 0 Å². The number of benzene rings is 2. The Morgan fingerprint density at radius 3 is 1.30 bits per heavy atom. The van der Waals surface area contributed by atoms with Crippen LogP contribution in [0.25, 0.3) is 0 Å². The van der Waals surface area contributed by atoms with Crippen molar-refractivity contribution in [2.45, 2.75) is 38.6 Å². The van der Waals surface area contributed by atoms with Gasteiger partial charge in [0.1, 0.15) is 0 Å². The molecule has 2 aromatic carbocycles. The summed E-state index contributed by atoms with van der Waals surface area (Å²) < 4.78 is 65.7. The van der Waals surface area contributed by atoms with Crippen LogP contribution in [0.4, 0.5) is 5.69 Å². The Hall–Kier alpha value is -4.93. The fourth-order valence-corrected chi connectivity index (χ4v) is 6.40. The van der Waals surface area contributed by atoms with E-state index in [4.69, 9.17) is 61.7 Å². The molecular weight excluding hydrogens is 931 g/mol. The molecule has 1 N–H and O–H groups in total. The molecule has 71 heavy (non-hydrogen) atoms. The Morgan fingerprint density at radius 1 is 0.451 bits per heavy atom. The summed E-state index contributed by atoms with van der Waals surface area (Å²) in [4.78, 5) is 66.8. The zero-order valence-corrected chi connectivity index (χ0v) is 40.8. The van der Waals surface area contributed by atoms with Crippen LogP contribution in [-0.2, 0) is 92.2 Å². The summed E-state index contributed by atoms with van der Waals surface area (Å²) in [5.41, 5.74) is 3.38. The fraction of sp³-hybridized carbons (Fsp3) is 0.620. The van der Waals surface area contributed by atoms with Crippen LogP contribution < -0.4 is 10.2 Å². The molecule has 0 atom stereocenters. The highest BCUT2D eigenvalue weighted by Crippen LogP contribution is 2.26. The van der Waals surface area contributed by atoms with E-state index in [9.17, 15) is 24.0 Å². The van der Waals surface area contributed by atoms with Crippen LogP contribution in [0.5, 0.6) is 0 Å². The Balaban J connectivity index is 0.777. The largest absolute Gasteiger partial charge is 0.378 e. The van der Waals surface area contributed by atoms with Gasteiger partial charge in [-0.2, -0.15) is 0 Å². The number of rotatable bonds is 43. The summed E-state index contributed by atoms with van der Waals surface area (Å²) in [6, 6.07) is 15.4. The van der Waals surface area contributed by atoms with Gasteiger partial charge < -0.3 is 71.9 Å². The second kappa shape index (κ2) is 38.7. The van der Waals surface area contributed by atoms with Crippen molar-refractivity contribution < 1.29 is 85.7 Å². The van der Waals surface area contributed by atoms with E-state index in [0.29, 0.717) is 164 Å². The van der Waals surface area contributed by atoms with E-state index in [1.807, 2.05) is 48.5 Å². The number of amides is 4. The molecule has 0 radical (unpaired) electrons. The van der Waals surface area contributed by atoms with Crippen LogP contribution in [-0.4, -0.2) is 200 Å². The molecule has 0 aromatic heterocycles. The molecule has 4 amide bonds. The lowest BCUT2D eigenvalue weighted by molar-refractivity contribution is -0.198. The molecule has 1 saturated heterocycles. The van der Waals surface area contributed by atoms with E-state index in [0.717, 1.165) is 22.4 Å². The smallest absolute Gasteiger partial charge is 0.335 e. The number of para-hydroxylation sites is 1. The maximum Gasteiger partial charge on any atom is 0.335 e. The Bertz CT molecular complexity index is 1880. The van der Waals surface area contributed by atoms with Crippen molar-refractivity contribution in [3.05, 3.63) is 65.2 Å². The van der Waals surface area contributed by atoms with Gasteiger partial charge in [0.25, 0.3) is 11.8 Å². The average molecular weight is 1000 g/mol. The van der Waals surface area contributed by atoms with Gasteiger partial charge in [0.2, 0.25) is 11.8 Å². The highest BCUT2D eigenvalue weighted by Gasteiger charge is 2.32. The zero-order valence-electron chi connectivity index (χ0n) is 40.8. The summed E-state index contributed by atoms with van der Waals surface area (Å²) in [5, 5.41) is 3.33. The molecule has 0 unspecified atom stereocenters. The highest BCUT2D eigenvalue weighted by atomic mass is 16.7. The van der Waals surface area contributed by atoms with Crippen molar-refractivity contribution in [2.75, 3.05) is 170 Å². The molecule has 0 aliphatic carbocycles. The number of fused-ring (bicyclic) bond motifs is 2. The number of hydrogen-bond acceptors (Lipinski definition) is 18. The van der Waals surface area contributed by atoms with E-state index >= 15 is 0 Å². The Morgan fingerprint density at radius 2 is 0.831 bits per heavy atom. The van der Waals surface area contributed by atoms with Gasteiger partial charge in [-0.1, -0.05) is 42.2 Å². The standard InChI is InChI=1S/C50H71N3O18/c54-46(11-12-47(55)52-41-44-7-2-1-5-42(44)9-10-43-6-3-4-8-45(43)52)51-16-18-60-20-22-62-24-26-64-28-30-66-32-34-68-36-38-70-40-39-69-37-35-67-33-31-65-29-27-63-25-23-61-21-19-59-17-15-50(58)71-53-48(56)13-14-49(53)57/h1-8H,11-41H2,(H,51,54). The van der Waals surface area contributed by atoms with Crippen LogP contribution in [0.15, 0.2) is 48.5 Å². The third-order valence-corrected chi connectivity index (χ3v) is 10.0. The normalized spacial score (nSPS) is 13.1. The first-order valence-corrected chi connectivity index (χ1v) is 24.2. The molecule has 2 heterocycles. The first-order chi connectivity index (χ1) is 34.9. The molecule has 2 aliphatic rings. The molecule has 0 saturated carbocycles. The minimum Gasteiger partial charge on any atom is -0.378 e. The van der Waals surface area contributed by atoms with Crippen LogP contribution in [0.3, 0.4) is 0 Å². The van der Waals surface area contributed by atoms with E-state index in [-0.39, 0.29) is 57.1 Å². The van der Waals surface area contributed by atoms with Gasteiger partial charge in [-0.3, -0.25) is 19.2 Å². The number of ether oxygens (including phenoxy) is 12. The summed E-state index contributed by atoms with van der Waals surface area (Å²) in [6.07, 6.45) is 0.175. The Kier molecular flexibility index (Phi) is 32.0. The number of imide groups is 1. The Labute approximate surface area is 416 Å². The predicted octanol–water partition coefficient (Wildman–Crippen LogP) is 2.03. The molecule has 2 aliphatic heterocycles. The number of carbonyl (C=O) groups excluding carboxylic acids is 5. The summed E-state index contributed by atoms with van der Waals surface area (Å²) in [7, 11) is 0. The monoisotopic (exact) mass is 1000 g/mol. The number of anilines is 1. The van der Waals surface area contributed by atoms with E-state index < -0.39 is 17.8 Å². The number of nitrogens with zero attached hydrogens (tertiary/aromatic N) is 2. The minimum atomic E-state index is -0.706. The maximum absolute atomic E-state index is 13.3. The van der Waals surface area contributed by atoms with Crippen molar-refractivity contribution in [1.82, 2.24) is 10.4 Å². The lowest BCUT2D eigenvalue weighted by Crippen LogP contribution is -2.34. The first kappa shape index (κ1) is 58.6. The number of hydrogen-bond donors (Lipinski definition) is 1. The van der Waals surface area contributed by atoms with Crippen molar-refractivity contribution in [3.63, 3.8) is 0 Å².